The van der Waals surface area contributed by atoms with Crippen molar-refractivity contribution in [1.29, 1.82) is 0 Å². The van der Waals surface area contributed by atoms with Crippen LogP contribution >= 0.6 is 0 Å². The summed E-state index contributed by atoms with van der Waals surface area (Å²) >= 11 is -3.81. The molecule has 1 fully saturated rings. The van der Waals surface area contributed by atoms with Crippen LogP contribution < -0.4 is 0 Å². The summed E-state index contributed by atoms with van der Waals surface area (Å²) in [5, 5.41) is 0. The number of benzene rings is 1. The summed E-state index contributed by atoms with van der Waals surface area (Å²) in [6.07, 6.45) is -0.567. The van der Waals surface area contributed by atoms with E-state index in [0.29, 0.717) is 7.86 Å². The van der Waals surface area contributed by atoms with Crippen molar-refractivity contribution in [2.45, 2.75) is 38.8 Å². The fourth-order valence-corrected chi connectivity index (χ4v) is 12.0. The number of hydrogen-bond acceptors (Lipinski definition) is 7. The van der Waals surface area contributed by atoms with Crippen LogP contribution in [0.15, 0.2) is 35.2 Å². The van der Waals surface area contributed by atoms with Gasteiger partial charge in [0.15, 0.2) is 0 Å². The van der Waals surface area contributed by atoms with E-state index in [2.05, 4.69) is 0 Å². The summed E-state index contributed by atoms with van der Waals surface area (Å²) < 4.78 is 45.0. The fraction of sp³-hybridized carbons (Fsp3) is 0.500. The minimum absolute atomic E-state index is 0.249. The quantitative estimate of drug-likeness (QED) is 0.369. The van der Waals surface area contributed by atoms with Gasteiger partial charge in [0.25, 0.3) is 0 Å². The molecule has 0 amide bonds. The van der Waals surface area contributed by atoms with Crippen molar-refractivity contribution < 1.29 is 78.1 Å². The molecular formula is C16H21Hg2NO7S. The van der Waals surface area contributed by atoms with Crippen LogP contribution in [0.25, 0.3) is 0 Å². The first-order valence-corrected chi connectivity index (χ1v) is 22.5. The molecule has 27 heavy (non-hydrogen) atoms. The van der Waals surface area contributed by atoms with Crippen molar-refractivity contribution in [3.8, 4) is 0 Å². The van der Waals surface area contributed by atoms with E-state index in [1.165, 1.54) is 18.2 Å². The zero-order valence-electron chi connectivity index (χ0n) is 15.5. The molecule has 0 aliphatic carbocycles. The maximum absolute atomic E-state index is 13.0. The van der Waals surface area contributed by atoms with E-state index >= 15 is 0 Å². The van der Waals surface area contributed by atoms with Crippen LogP contribution in [-0.4, -0.2) is 50.0 Å². The van der Waals surface area contributed by atoms with Crippen LogP contribution in [0, 0.1) is 0 Å². The predicted molar refractivity (Wildman–Crippen MR) is 87.0 cm³/mol. The molecule has 0 spiro atoms. The van der Waals surface area contributed by atoms with Gasteiger partial charge in [-0.15, -0.1) is 0 Å². The van der Waals surface area contributed by atoms with Gasteiger partial charge in [-0.1, -0.05) is 0 Å². The topological polar surface area (TPSA) is 99.2 Å². The molecule has 1 heterocycles. The molecule has 1 aromatic rings. The number of ether oxygens (including phenoxy) is 1. The number of carbonyl (C=O) groups is 2. The Morgan fingerprint density at radius 3 is 1.96 bits per heavy atom. The maximum atomic E-state index is 13.0. The number of carbonyl (C=O) groups excluding carboxylic acids is 2. The fourth-order valence-electron chi connectivity index (χ4n) is 2.81. The summed E-state index contributed by atoms with van der Waals surface area (Å²) in [4.78, 5) is 22.3. The standard InChI is InChI=1S/C12H15NO3S.2C2H4O2.2Hg/c1-10-8-13(9-11(2)16-10)17(14,15)12-6-4-3-5-7-12;2*1-2(3)4;;/h3-7,10-11H,1-2,8-9H2;2*1H3,(H,3,4);;/q;;;2*+1/p-2. The number of morpholine rings is 1. The third-order valence-electron chi connectivity index (χ3n) is 4.07. The van der Waals surface area contributed by atoms with Crippen molar-refractivity contribution in [3.05, 3.63) is 30.3 Å². The Morgan fingerprint density at radius 1 is 1.04 bits per heavy atom. The third kappa shape index (κ3) is 7.68. The predicted octanol–water partition coefficient (Wildman–Crippen LogP) is 1.40. The number of hydrogen-bond donors (Lipinski definition) is 0. The second kappa shape index (κ2) is 11.2. The van der Waals surface area contributed by atoms with Crippen molar-refractivity contribution in [2.75, 3.05) is 13.1 Å². The Hall–Kier alpha value is -0.0999. The van der Waals surface area contributed by atoms with E-state index < -0.39 is 60.1 Å². The van der Waals surface area contributed by atoms with Gasteiger partial charge in [-0.2, -0.15) is 0 Å². The van der Waals surface area contributed by atoms with E-state index in [0.717, 1.165) is 0 Å². The Bertz CT molecular complexity index is 716. The van der Waals surface area contributed by atoms with E-state index in [1.807, 2.05) is 0 Å². The minimum atomic E-state index is -3.62. The van der Waals surface area contributed by atoms with Crippen LogP contribution in [0.1, 0.15) is 13.8 Å². The number of nitrogens with zero attached hydrogens (tertiary/aromatic N) is 1. The molecule has 1 aliphatic rings. The Morgan fingerprint density at radius 2 is 1.52 bits per heavy atom. The zero-order valence-corrected chi connectivity index (χ0v) is 27.3. The first-order valence-electron chi connectivity index (χ1n) is 8.76. The summed E-state index contributed by atoms with van der Waals surface area (Å²) in [7, 11) is -3.62. The average molecular weight is 773 g/mol. The van der Waals surface area contributed by atoms with Gasteiger partial charge < -0.3 is 0 Å². The van der Waals surface area contributed by atoms with Gasteiger partial charge in [0.1, 0.15) is 0 Å². The molecule has 0 saturated carbocycles. The number of sulfonamides is 1. The summed E-state index contributed by atoms with van der Waals surface area (Å²) in [6.45, 7) is 3.26. The second-order valence-corrected chi connectivity index (χ2v) is 18.1. The van der Waals surface area contributed by atoms with Crippen molar-refractivity contribution >= 4 is 22.0 Å². The molecule has 0 radical (unpaired) electrons. The third-order valence-corrected chi connectivity index (χ3v) is 17.5. The Kier molecular flexibility index (Phi) is 9.60. The van der Waals surface area contributed by atoms with Crippen LogP contribution in [0.2, 0.25) is 7.86 Å². The molecule has 2 atom stereocenters. The molecule has 2 rings (SSSR count). The van der Waals surface area contributed by atoms with Crippen LogP contribution in [-0.2, 0) is 79.7 Å². The molecule has 0 bridgehead atoms. The summed E-state index contributed by atoms with van der Waals surface area (Å²) in [6, 6.07) is 8.31. The molecular weight excluding hydrogens is 751 g/mol. The monoisotopic (exact) mass is 775 g/mol. The van der Waals surface area contributed by atoms with E-state index in [4.69, 9.17) is 10.0 Å². The van der Waals surface area contributed by atoms with E-state index in [1.54, 1.807) is 30.3 Å². The average Bonchev–Trinajstić information content (AvgIpc) is 2.61. The molecule has 8 nitrogen and oxygen atoms in total. The Balaban J connectivity index is 2.09. The number of rotatable bonds is 8. The molecule has 1 aliphatic heterocycles. The zero-order chi connectivity index (χ0) is 19.9. The van der Waals surface area contributed by atoms with Crippen LogP contribution in [0.5, 0.6) is 0 Å². The van der Waals surface area contributed by atoms with Crippen LogP contribution in [0.4, 0.5) is 0 Å². The van der Waals surface area contributed by atoms with Crippen LogP contribution in [0.3, 0.4) is 0 Å². The van der Waals surface area contributed by atoms with E-state index in [9.17, 15) is 18.0 Å². The summed E-state index contributed by atoms with van der Waals surface area (Å²) in [5.41, 5.74) is 0. The van der Waals surface area contributed by atoms with Gasteiger partial charge in [-0.3, -0.25) is 0 Å². The molecule has 11 heteroatoms. The second-order valence-electron chi connectivity index (χ2n) is 6.27. The molecule has 0 N–H and O–H groups in total. The molecule has 1 aromatic carbocycles. The van der Waals surface area contributed by atoms with Crippen molar-refractivity contribution in [3.63, 3.8) is 0 Å². The molecule has 2 unspecified atom stereocenters. The summed E-state index contributed by atoms with van der Waals surface area (Å²) in [5.74, 6) is -0.575. The normalized spacial score (nSPS) is 20.2. The Labute approximate surface area is 185 Å². The first kappa shape index (κ1) is 23.2. The SMILES string of the molecule is CC(=O)[O][Hg][CH2]C1CN(S(=O)(=O)c2ccccc2)CC([CH2][Hg][O]C(C)=O)O1. The van der Waals surface area contributed by atoms with Crippen molar-refractivity contribution in [1.82, 2.24) is 4.31 Å². The molecule has 1 saturated heterocycles. The van der Waals surface area contributed by atoms with Gasteiger partial charge in [-0.05, 0) is 0 Å². The van der Waals surface area contributed by atoms with Gasteiger partial charge >= 0.3 is 187 Å². The first-order chi connectivity index (χ1) is 12.8. The van der Waals surface area contributed by atoms with Gasteiger partial charge in [0.2, 0.25) is 0 Å². The van der Waals surface area contributed by atoms with Gasteiger partial charge in [0.05, 0.1) is 0 Å². The van der Waals surface area contributed by atoms with E-state index in [-0.39, 0.29) is 42.1 Å². The molecule has 0 aromatic heterocycles. The van der Waals surface area contributed by atoms with Gasteiger partial charge in [0, 0.05) is 0 Å². The van der Waals surface area contributed by atoms with Gasteiger partial charge in [-0.25, -0.2) is 0 Å². The molecule has 142 valence electrons. The van der Waals surface area contributed by atoms with Crippen molar-refractivity contribution in [2.24, 2.45) is 0 Å².